The fourth-order valence-electron chi connectivity index (χ4n) is 3.38. The van der Waals surface area contributed by atoms with Crippen LogP contribution in [-0.2, 0) is 6.54 Å². The molecule has 1 aromatic carbocycles. The average molecular weight is 379 g/mol. The number of halogens is 2. The Hall–Kier alpha value is -2.79. The van der Waals surface area contributed by atoms with Crippen molar-refractivity contribution in [1.29, 1.82) is 0 Å². The molecule has 0 unspecified atom stereocenters. The number of benzene rings is 1. The summed E-state index contributed by atoms with van der Waals surface area (Å²) < 4.78 is 16.1. The summed E-state index contributed by atoms with van der Waals surface area (Å²) >= 11 is 6.21. The minimum atomic E-state index is -0.327. The summed E-state index contributed by atoms with van der Waals surface area (Å²) in [6.45, 7) is 0.291. The zero-order chi connectivity index (χ0) is 18.4. The monoisotopic (exact) mass is 378 g/mol. The summed E-state index contributed by atoms with van der Waals surface area (Å²) in [6.07, 6.45) is 9.90. The van der Waals surface area contributed by atoms with Crippen molar-refractivity contribution in [3.05, 3.63) is 77.1 Å². The van der Waals surface area contributed by atoms with Crippen molar-refractivity contribution in [1.82, 2.24) is 19.5 Å². The molecule has 1 saturated carbocycles. The van der Waals surface area contributed by atoms with Gasteiger partial charge in [-0.05, 0) is 48.6 Å². The Morgan fingerprint density at radius 3 is 2.63 bits per heavy atom. The van der Waals surface area contributed by atoms with Crippen LogP contribution in [0.15, 0.2) is 55.1 Å². The number of fused-ring (bicyclic) bond motifs is 1. The molecule has 0 N–H and O–H groups in total. The van der Waals surface area contributed by atoms with Gasteiger partial charge in [0, 0.05) is 46.3 Å². The molecule has 27 heavy (non-hydrogen) atoms. The first-order chi connectivity index (χ1) is 13.2. The Balaban J connectivity index is 1.60. The van der Waals surface area contributed by atoms with E-state index in [2.05, 4.69) is 15.0 Å². The lowest BCUT2D eigenvalue weighted by molar-refractivity contribution is 0.602. The third-order valence-corrected chi connectivity index (χ3v) is 5.34. The van der Waals surface area contributed by atoms with Gasteiger partial charge in [-0.15, -0.1) is 0 Å². The Morgan fingerprint density at radius 1 is 1.07 bits per heavy atom. The van der Waals surface area contributed by atoms with Gasteiger partial charge < -0.3 is 4.57 Å². The van der Waals surface area contributed by atoms with Crippen molar-refractivity contribution in [2.75, 3.05) is 0 Å². The Morgan fingerprint density at radius 2 is 1.89 bits per heavy atom. The highest BCUT2D eigenvalue weighted by Crippen LogP contribution is 2.39. The SMILES string of the molecule is Fc1cccc(Cl)c1Cn1cc(-c2ncc(C3CC3)cn2)c2cccnc21. The zero-order valence-corrected chi connectivity index (χ0v) is 15.2. The van der Waals surface area contributed by atoms with E-state index in [0.717, 1.165) is 16.6 Å². The quantitative estimate of drug-likeness (QED) is 0.489. The first-order valence-electron chi connectivity index (χ1n) is 8.90. The number of hydrogen-bond donors (Lipinski definition) is 0. The van der Waals surface area contributed by atoms with Crippen LogP contribution in [0, 0.1) is 5.82 Å². The molecule has 1 aliphatic carbocycles. The van der Waals surface area contributed by atoms with Crippen molar-refractivity contribution in [2.45, 2.75) is 25.3 Å². The average Bonchev–Trinajstić information content (AvgIpc) is 3.48. The van der Waals surface area contributed by atoms with Crippen molar-refractivity contribution in [2.24, 2.45) is 0 Å². The lowest BCUT2D eigenvalue weighted by Crippen LogP contribution is -2.02. The van der Waals surface area contributed by atoms with Gasteiger partial charge in [-0.1, -0.05) is 17.7 Å². The summed E-state index contributed by atoms with van der Waals surface area (Å²) in [5.74, 6) is 0.938. The maximum absolute atomic E-state index is 14.2. The highest BCUT2D eigenvalue weighted by molar-refractivity contribution is 6.31. The van der Waals surface area contributed by atoms with Gasteiger partial charge in [0.25, 0.3) is 0 Å². The molecule has 5 rings (SSSR count). The predicted molar refractivity (Wildman–Crippen MR) is 103 cm³/mol. The van der Waals surface area contributed by atoms with E-state index in [1.807, 2.05) is 35.3 Å². The molecule has 134 valence electrons. The van der Waals surface area contributed by atoms with Crippen LogP contribution in [0.5, 0.6) is 0 Å². The van der Waals surface area contributed by atoms with E-state index in [4.69, 9.17) is 11.6 Å². The third-order valence-electron chi connectivity index (χ3n) is 4.99. The lowest BCUT2D eigenvalue weighted by Gasteiger charge is -2.08. The molecule has 4 nitrogen and oxygen atoms in total. The summed E-state index contributed by atoms with van der Waals surface area (Å²) in [7, 11) is 0. The molecule has 1 aliphatic rings. The minimum absolute atomic E-state index is 0.291. The number of aromatic nitrogens is 4. The van der Waals surface area contributed by atoms with Crippen LogP contribution >= 0.6 is 11.6 Å². The largest absolute Gasteiger partial charge is 0.327 e. The van der Waals surface area contributed by atoms with E-state index in [0.29, 0.717) is 28.9 Å². The fraction of sp³-hybridized carbons (Fsp3) is 0.190. The van der Waals surface area contributed by atoms with Crippen LogP contribution in [0.1, 0.15) is 29.9 Å². The summed E-state index contributed by atoms with van der Waals surface area (Å²) in [5, 5.41) is 1.34. The highest BCUT2D eigenvalue weighted by Gasteiger charge is 2.24. The van der Waals surface area contributed by atoms with E-state index in [1.54, 1.807) is 18.3 Å². The molecule has 4 aromatic rings. The summed E-state index contributed by atoms with van der Waals surface area (Å²) in [4.78, 5) is 13.6. The maximum atomic E-state index is 14.2. The fourth-order valence-corrected chi connectivity index (χ4v) is 3.60. The van der Waals surface area contributed by atoms with Gasteiger partial charge in [-0.2, -0.15) is 0 Å². The predicted octanol–water partition coefficient (Wildman–Crippen LogP) is 5.21. The molecule has 0 radical (unpaired) electrons. The maximum Gasteiger partial charge on any atom is 0.161 e. The van der Waals surface area contributed by atoms with E-state index < -0.39 is 0 Å². The van der Waals surface area contributed by atoms with E-state index in [9.17, 15) is 4.39 Å². The topological polar surface area (TPSA) is 43.6 Å². The zero-order valence-electron chi connectivity index (χ0n) is 14.4. The van der Waals surface area contributed by atoms with Crippen LogP contribution in [-0.4, -0.2) is 19.5 Å². The molecule has 0 atom stereocenters. The Kier molecular flexibility index (Phi) is 3.90. The molecule has 1 fully saturated rings. The third kappa shape index (κ3) is 2.98. The van der Waals surface area contributed by atoms with Gasteiger partial charge in [0.2, 0.25) is 0 Å². The van der Waals surface area contributed by atoms with Crippen LogP contribution < -0.4 is 0 Å². The molecule has 0 saturated heterocycles. The molecule has 3 aromatic heterocycles. The second-order valence-corrected chi connectivity index (χ2v) is 7.27. The molecular formula is C21H16ClFN4. The van der Waals surface area contributed by atoms with Gasteiger partial charge in [0.1, 0.15) is 11.5 Å². The van der Waals surface area contributed by atoms with Gasteiger partial charge in [-0.3, -0.25) is 0 Å². The van der Waals surface area contributed by atoms with Crippen molar-refractivity contribution >= 4 is 22.6 Å². The van der Waals surface area contributed by atoms with Crippen LogP contribution in [0.3, 0.4) is 0 Å². The second-order valence-electron chi connectivity index (χ2n) is 6.86. The van der Waals surface area contributed by atoms with Crippen molar-refractivity contribution in [3.8, 4) is 11.4 Å². The Labute approximate surface area is 160 Å². The first kappa shape index (κ1) is 16.4. The molecule has 3 heterocycles. The molecule has 0 aliphatic heterocycles. The molecular weight excluding hydrogens is 363 g/mol. The van der Waals surface area contributed by atoms with Crippen LogP contribution in [0.2, 0.25) is 5.02 Å². The highest BCUT2D eigenvalue weighted by atomic mass is 35.5. The number of hydrogen-bond acceptors (Lipinski definition) is 3. The molecule has 6 heteroatoms. The Bertz CT molecular complexity index is 1110. The van der Waals surface area contributed by atoms with Crippen molar-refractivity contribution < 1.29 is 4.39 Å². The second kappa shape index (κ2) is 6.43. The smallest absolute Gasteiger partial charge is 0.161 e. The molecule has 0 amide bonds. The number of nitrogens with zero attached hydrogens (tertiary/aromatic N) is 4. The lowest BCUT2D eigenvalue weighted by atomic mass is 10.2. The van der Waals surface area contributed by atoms with Gasteiger partial charge in [-0.25, -0.2) is 19.3 Å². The van der Waals surface area contributed by atoms with Gasteiger partial charge >= 0.3 is 0 Å². The standard InChI is InChI=1S/C21H16ClFN4/c22-18-4-1-5-19(23)17(18)12-27-11-16(15-3-2-8-24-21(15)27)20-25-9-14(10-26-20)13-6-7-13/h1-5,8-11,13H,6-7,12H2. The van der Waals surface area contributed by atoms with Gasteiger partial charge in [0.15, 0.2) is 5.82 Å². The van der Waals surface area contributed by atoms with E-state index in [1.165, 1.54) is 24.5 Å². The number of pyridine rings is 1. The van der Waals surface area contributed by atoms with E-state index >= 15 is 0 Å². The number of rotatable bonds is 4. The minimum Gasteiger partial charge on any atom is -0.327 e. The van der Waals surface area contributed by atoms with E-state index in [-0.39, 0.29) is 5.82 Å². The molecule has 0 spiro atoms. The van der Waals surface area contributed by atoms with Crippen LogP contribution in [0.4, 0.5) is 4.39 Å². The molecule has 0 bridgehead atoms. The normalized spacial score (nSPS) is 14.0. The summed E-state index contributed by atoms with van der Waals surface area (Å²) in [6, 6.07) is 8.58. The van der Waals surface area contributed by atoms with Crippen molar-refractivity contribution in [3.63, 3.8) is 0 Å². The van der Waals surface area contributed by atoms with Gasteiger partial charge in [0.05, 0.1) is 6.54 Å². The summed E-state index contributed by atoms with van der Waals surface area (Å²) in [5.41, 5.74) is 3.27. The first-order valence-corrected chi connectivity index (χ1v) is 9.27. The van der Waals surface area contributed by atoms with Crippen LogP contribution in [0.25, 0.3) is 22.4 Å².